The summed E-state index contributed by atoms with van der Waals surface area (Å²) in [5, 5.41) is 17.7. The standard InChI is InChI=1S/C11H8O5/c1-2-6-16-8-5-3-4-7(10(12)13)9(8)11(14)15/h3-5H,1H3,(H,12,13)(H,14,15). The van der Waals surface area contributed by atoms with Crippen LogP contribution < -0.4 is 4.74 Å². The van der Waals surface area contributed by atoms with Crippen molar-refractivity contribution in [3.8, 4) is 17.8 Å². The summed E-state index contributed by atoms with van der Waals surface area (Å²) in [6.45, 7) is 1.52. The van der Waals surface area contributed by atoms with Gasteiger partial charge in [-0.25, -0.2) is 9.59 Å². The maximum atomic E-state index is 10.9. The summed E-state index contributed by atoms with van der Waals surface area (Å²) in [6.07, 6.45) is 2.22. The molecular weight excluding hydrogens is 212 g/mol. The third-order valence-corrected chi connectivity index (χ3v) is 1.73. The van der Waals surface area contributed by atoms with Crippen molar-refractivity contribution in [2.45, 2.75) is 6.92 Å². The highest BCUT2D eigenvalue weighted by Crippen LogP contribution is 2.22. The third-order valence-electron chi connectivity index (χ3n) is 1.73. The second kappa shape index (κ2) is 4.84. The van der Waals surface area contributed by atoms with Crippen LogP contribution in [0, 0.1) is 12.0 Å². The molecule has 0 fully saturated rings. The number of aromatic carboxylic acids is 2. The summed E-state index contributed by atoms with van der Waals surface area (Å²) in [5.74, 6) is -0.359. The van der Waals surface area contributed by atoms with Crippen molar-refractivity contribution in [1.82, 2.24) is 0 Å². The van der Waals surface area contributed by atoms with Gasteiger partial charge in [0.05, 0.1) is 5.56 Å². The normalized spacial score (nSPS) is 8.81. The topological polar surface area (TPSA) is 83.8 Å². The van der Waals surface area contributed by atoms with E-state index in [4.69, 9.17) is 14.9 Å². The molecule has 0 amide bonds. The van der Waals surface area contributed by atoms with Gasteiger partial charge in [-0.2, -0.15) is 0 Å². The van der Waals surface area contributed by atoms with Crippen molar-refractivity contribution >= 4 is 11.9 Å². The second-order valence-corrected chi connectivity index (χ2v) is 2.74. The van der Waals surface area contributed by atoms with E-state index in [0.29, 0.717) is 0 Å². The Morgan fingerprint density at radius 3 is 2.44 bits per heavy atom. The Morgan fingerprint density at radius 1 is 1.25 bits per heavy atom. The predicted octanol–water partition coefficient (Wildman–Crippen LogP) is 1.44. The molecule has 0 saturated heterocycles. The first-order valence-corrected chi connectivity index (χ1v) is 4.26. The van der Waals surface area contributed by atoms with Gasteiger partial charge >= 0.3 is 11.9 Å². The van der Waals surface area contributed by atoms with Crippen LogP contribution in [-0.2, 0) is 0 Å². The van der Waals surface area contributed by atoms with Crippen LogP contribution in [0.2, 0.25) is 0 Å². The van der Waals surface area contributed by atoms with Gasteiger partial charge in [0.1, 0.15) is 11.7 Å². The smallest absolute Gasteiger partial charge is 0.340 e. The number of carboxylic acids is 2. The number of rotatable bonds is 3. The first-order chi connectivity index (χ1) is 7.57. The largest absolute Gasteiger partial charge is 0.478 e. The zero-order chi connectivity index (χ0) is 12.1. The van der Waals surface area contributed by atoms with Gasteiger partial charge in [0.15, 0.2) is 5.75 Å². The molecule has 82 valence electrons. The summed E-state index contributed by atoms with van der Waals surface area (Å²) >= 11 is 0. The Kier molecular flexibility index (Phi) is 3.51. The van der Waals surface area contributed by atoms with Crippen molar-refractivity contribution in [2.24, 2.45) is 0 Å². The number of hydrogen-bond donors (Lipinski definition) is 2. The Bertz CT molecular complexity index is 493. The van der Waals surface area contributed by atoms with Crippen LogP contribution in [0.5, 0.6) is 5.75 Å². The zero-order valence-corrected chi connectivity index (χ0v) is 8.35. The zero-order valence-electron chi connectivity index (χ0n) is 8.35. The van der Waals surface area contributed by atoms with E-state index in [-0.39, 0.29) is 11.3 Å². The maximum Gasteiger partial charge on any atom is 0.340 e. The Labute approximate surface area is 91.3 Å². The lowest BCUT2D eigenvalue weighted by atomic mass is 10.1. The summed E-state index contributed by atoms with van der Waals surface area (Å²) in [7, 11) is 0. The van der Waals surface area contributed by atoms with Crippen LogP contribution in [0.1, 0.15) is 27.6 Å². The number of carboxylic acid groups (broad SMARTS) is 2. The van der Waals surface area contributed by atoms with Gasteiger partial charge < -0.3 is 14.9 Å². The van der Waals surface area contributed by atoms with Crippen molar-refractivity contribution in [3.05, 3.63) is 29.3 Å². The molecule has 0 unspecified atom stereocenters. The molecule has 0 aliphatic rings. The molecule has 2 N–H and O–H groups in total. The number of carbonyl (C=O) groups is 2. The van der Waals surface area contributed by atoms with Gasteiger partial charge in [-0.3, -0.25) is 0 Å². The minimum absolute atomic E-state index is 0.0817. The summed E-state index contributed by atoms with van der Waals surface area (Å²) in [6, 6.07) is 3.93. The maximum absolute atomic E-state index is 10.9. The van der Waals surface area contributed by atoms with E-state index in [1.165, 1.54) is 25.1 Å². The summed E-state index contributed by atoms with van der Waals surface area (Å²) in [4.78, 5) is 21.7. The van der Waals surface area contributed by atoms with E-state index < -0.39 is 17.5 Å². The second-order valence-electron chi connectivity index (χ2n) is 2.74. The molecule has 0 aromatic heterocycles. The molecule has 1 rings (SSSR count). The van der Waals surface area contributed by atoms with E-state index in [1.54, 1.807) is 0 Å². The third kappa shape index (κ3) is 2.30. The highest BCUT2D eigenvalue weighted by atomic mass is 16.5. The van der Waals surface area contributed by atoms with Crippen molar-refractivity contribution in [3.63, 3.8) is 0 Å². The molecule has 5 nitrogen and oxygen atoms in total. The highest BCUT2D eigenvalue weighted by molar-refractivity contribution is 6.03. The fourth-order valence-electron chi connectivity index (χ4n) is 1.12. The average Bonchev–Trinajstić information content (AvgIpc) is 2.25. The van der Waals surface area contributed by atoms with E-state index >= 15 is 0 Å². The monoisotopic (exact) mass is 220 g/mol. The first kappa shape index (κ1) is 11.6. The lowest BCUT2D eigenvalue weighted by Gasteiger charge is -2.05. The van der Waals surface area contributed by atoms with Crippen LogP contribution in [0.3, 0.4) is 0 Å². The highest BCUT2D eigenvalue weighted by Gasteiger charge is 2.20. The molecule has 0 aliphatic heterocycles. The molecule has 1 aromatic rings. The number of hydrogen-bond acceptors (Lipinski definition) is 3. The molecule has 0 spiro atoms. The first-order valence-electron chi connectivity index (χ1n) is 4.26. The Morgan fingerprint density at radius 2 is 1.94 bits per heavy atom. The minimum atomic E-state index is -1.37. The Hall–Kier alpha value is -2.48. The molecule has 0 radical (unpaired) electrons. The average molecular weight is 220 g/mol. The van der Waals surface area contributed by atoms with Crippen molar-refractivity contribution < 1.29 is 24.5 Å². The molecule has 0 aliphatic carbocycles. The van der Waals surface area contributed by atoms with Crippen molar-refractivity contribution in [2.75, 3.05) is 0 Å². The minimum Gasteiger partial charge on any atom is -0.478 e. The fraction of sp³-hybridized carbons (Fsp3) is 0.0909. The summed E-state index contributed by atoms with van der Waals surface area (Å²) in [5.41, 5.74) is -0.736. The van der Waals surface area contributed by atoms with Gasteiger partial charge in [-0.05, 0) is 12.1 Å². The SMILES string of the molecule is CC#COc1cccc(C(=O)O)c1C(=O)O. The number of ether oxygens (including phenoxy) is 1. The predicted molar refractivity (Wildman–Crippen MR) is 54.4 cm³/mol. The quantitative estimate of drug-likeness (QED) is 0.753. The fourth-order valence-corrected chi connectivity index (χ4v) is 1.12. The molecule has 0 bridgehead atoms. The van der Waals surface area contributed by atoms with Crippen LogP contribution in [0.15, 0.2) is 18.2 Å². The van der Waals surface area contributed by atoms with Gasteiger partial charge in [0, 0.05) is 6.92 Å². The summed E-state index contributed by atoms with van der Waals surface area (Å²) < 4.78 is 4.83. The molecule has 1 aromatic carbocycles. The van der Waals surface area contributed by atoms with Crippen LogP contribution in [-0.4, -0.2) is 22.2 Å². The molecular formula is C11H8O5. The van der Waals surface area contributed by atoms with E-state index in [9.17, 15) is 9.59 Å². The van der Waals surface area contributed by atoms with Crippen LogP contribution in [0.25, 0.3) is 0 Å². The molecule has 0 heterocycles. The van der Waals surface area contributed by atoms with Gasteiger partial charge in [-0.1, -0.05) is 12.0 Å². The molecule has 0 atom stereocenters. The molecule has 0 saturated carbocycles. The van der Waals surface area contributed by atoms with Crippen LogP contribution >= 0.6 is 0 Å². The van der Waals surface area contributed by atoms with Crippen molar-refractivity contribution in [1.29, 1.82) is 0 Å². The lowest BCUT2D eigenvalue weighted by Crippen LogP contribution is -2.09. The van der Waals surface area contributed by atoms with E-state index in [0.717, 1.165) is 0 Å². The number of benzene rings is 1. The van der Waals surface area contributed by atoms with Gasteiger partial charge in [0.2, 0.25) is 0 Å². The van der Waals surface area contributed by atoms with Gasteiger partial charge in [0.25, 0.3) is 0 Å². The molecule has 16 heavy (non-hydrogen) atoms. The van der Waals surface area contributed by atoms with E-state index in [1.807, 2.05) is 0 Å². The lowest BCUT2D eigenvalue weighted by molar-refractivity contribution is 0.0649. The Balaban J connectivity index is 3.36. The van der Waals surface area contributed by atoms with Gasteiger partial charge in [-0.15, -0.1) is 0 Å². The van der Waals surface area contributed by atoms with Crippen LogP contribution in [0.4, 0.5) is 0 Å². The molecule has 5 heteroatoms. The van der Waals surface area contributed by atoms with E-state index in [2.05, 4.69) is 12.0 Å².